The molecule has 0 radical (unpaired) electrons. The van der Waals surface area contributed by atoms with Crippen molar-refractivity contribution in [2.24, 2.45) is 0 Å². The van der Waals surface area contributed by atoms with Crippen molar-refractivity contribution < 1.29 is 14.3 Å². The average Bonchev–Trinajstić information content (AvgIpc) is 2.46. The van der Waals surface area contributed by atoms with E-state index in [1.807, 2.05) is 18.7 Å². The number of esters is 1. The lowest BCUT2D eigenvalue weighted by Gasteiger charge is -2.21. The summed E-state index contributed by atoms with van der Waals surface area (Å²) < 4.78 is 10.1. The molecule has 0 spiro atoms. The van der Waals surface area contributed by atoms with E-state index >= 15 is 0 Å². The van der Waals surface area contributed by atoms with Gasteiger partial charge in [-0.1, -0.05) is 6.92 Å². The fraction of sp³-hybridized carbons (Fsp3) is 0.615. The zero-order chi connectivity index (χ0) is 14.1. The molecule has 0 unspecified atom stereocenters. The van der Waals surface area contributed by atoms with Crippen LogP contribution in [-0.4, -0.2) is 42.7 Å². The van der Waals surface area contributed by atoms with Crippen LogP contribution >= 0.6 is 0 Å². The van der Waals surface area contributed by atoms with Gasteiger partial charge in [-0.15, -0.1) is 0 Å². The Morgan fingerprint density at radius 2 is 2.16 bits per heavy atom. The van der Waals surface area contributed by atoms with E-state index in [9.17, 15) is 4.79 Å². The van der Waals surface area contributed by atoms with Gasteiger partial charge >= 0.3 is 5.97 Å². The number of rotatable bonds is 8. The van der Waals surface area contributed by atoms with Gasteiger partial charge in [0.05, 0.1) is 32.5 Å². The van der Waals surface area contributed by atoms with E-state index in [1.165, 1.54) is 7.11 Å². The third-order valence-corrected chi connectivity index (χ3v) is 2.57. The van der Waals surface area contributed by atoms with Crippen molar-refractivity contribution in [3.8, 4) is 5.88 Å². The van der Waals surface area contributed by atoms with Crippen molar-refractivity contribution in [2.75, 3.05) is 31.7 Å². The molecule has 1 heterocycles. The van der Waals surface area contributed by atoms with Crippen LogP contribution in [0.4, 0.5) is 5.82 Å². The van der Waals surface area contributed by atoms with Gasteiger partial charge in [0, 0.05) is 13.1 Å². The van der Waals surface area contributed by atoms with Crippen molar-refractivity contribution in [2.45, 2.75) is 26.7 Å². The number of ether oxygens (including phenoxy) is 2. The minimum Gasteiger partial charge on any atom is -0.477 e. The van der Waals surface area contributed by atoms with E-state index in [2.05, 4.69) is 14.7 Å². The monoisotopic (exact) mass is 267 g/mol. The molecule has 0 N–H and O–H groups in total. The summed E-state index contributed by atoms with van der Waals surface area (Å²) >= 11 is 0. The van der Waals surface area contributed by atoms with Gasteiger partial charge in [-0.3, -0.25) is 9.78 Å². The molecule has 0 fully saturated rings. The van der Waals surface area contributed by atoms with Gasteiger partial charge in [0.25, 0.3) is 0 Å². The molecule has 106 valence electrons. The predicted molar refractivity (Wildman–Crippen MR) is 72.3 cm³/mol. The van der Waals surface area contributed by atoms with Crippen LogP contribution in [0.1, 0.15) is 26.7 Å². The van der Waals surface area contributed by atoms with Crippen molar-refractivity contribution in [3.63, 3.8) is 0 Å². The number of aromatic nitrogens is 2. The van der Waals surface area contributed by atoms with Crippen LogP contribution in [0.15, 0.2) is 12.4 Å². The van der Waals surface area contributed by atoms with E-state index in [4.69, 9.17) is 4.74 Å². The molecular formula is C13H21N3O3. The Morgan fingerprint density at radius 1 is 1.37 bits per heavy atom. The maximum absolute atomic E-state index is 11.2. The van der Waals surface area contributed by atoms with Gasteiger partial charge in [0.15, 0.2) is 5.82 Å². The number of anilines is 1. The lowest BCUT2D eigenvalue weighted by molar-refractivity contribution is -0.140. The maximum atomic E-state index is 11.2. The largest absolute Gasteiger partial charge is 0.477 e. The fourth-order valence-electron chi connectivity index (χ4n) is 1.53. The molecule has 0 atom stereocenters. The first-order valence-electron chi connectivity index (χ1n) is 6.47. The number of hydrogen-bond donors (Lipinski definition) is 0. The van der Waals surface area contributed by atoms with E-state index in [0.717, 1.165) is 13.0 Å². The Kier molecular flexibility index (Phi) is 6.63. The Bertz CT molecular complexity index is 398. The summed E-state index contributed by atoms with van der Waals surface area (Å²) in [6, 6.07) is 0. The summed E-state index contributed by atoms with van der Waals surface area (Å²) in [5.74, 6) is 0.987. The molecule has 0 saturated carbocycles. The summed E-state index contributed by atoms with van der Waals surface area (Å²) in [4.78, 5) is 21.6. The Labute approximate surface area is 113 Å². The molecule has 1 aromatic heterocycles. The van der Waals surface area contributed by atoms with Crippen molar-refractivity contribution >= 4 is 11.8 Å². The highest BCUT2D eigenvalue weighted by atomic mass is 16.5. The molecule has 0 aromatic carbocycles. The van der Waals surface area contributed by atoms with Gasteiger partial charge in [0.2, 0.25) is 5.88 Å². The summed E-state index contributed by atoms with van der Waals surface area (Å²) in [7, 11) is 1.39. The molecule has 6 nitrogen and oxygen atoms in total. The first kappa shape index (κ1) is 15.2. The first-order chi connectivity index (χ1) is 9.21. The van der Waals surface area contributed by atoms with Crippen LogP contribution in [0.5, 0.6) is 5.88 Å². The second kappa shape index (κ2) is 8.29. The Morgan fingerprint density at radius 3 is 2.79 bits per heavy atom. The predicted octanol–water partition coefficient (Wildman–Crippen LogP) is 1.65. The molecule has 0 saturated heterocycles. The molecule has 0 aliphatic rings. The number of nitrogens with zero attached hydrogens (tertiary/aromatic N) is 3. The molecule has 1 rings (SSSR count). The quantitative estimate of drug-likeness (QED) is 0.667. The smallest absolute Gasteiger partial charge is 0.307 e. The van der Waals surface area contributed by atoms with Crippen LogP contribution in [0.25, 0.3) is 0 Å². The second-order valence-corrected chi connectivity index (χ2v) is 3.97. The summed E-state index contributed by atoms with van der Waals surface area (Å²) in [5.41, 5.74) is 0. The highest BCUT2D eigenvalue weighted by Gasteiger charge is 2.10. The van der Waals surface area contributed by atoms with E-state index in [0.29, 0.717) is 31.3 Å². The third kappa shape index (κ3) is 5.11. The second-order valence-electron chi connectivity index (χ2n) is 3.97. The Hall–Kier alpha value is -1.85. The standard InChI is InChI=1S/C13H21N3O3/c1-4-8-19-12-10-14-9-11(15-12)16(5-2)7-6-13(17)18-3/h9-10H,4-8H2,1-3H3. The summed E-state index contributed by atoms with van der Waals surface area (Å²) in [6.07, 6.45) is 4.50. The molecule has 0 bridgehead atoms. The van der Waals surface area contributed by atoms with Crippen LogP contribution in [0, 0.1) is 0 Å². The first-order valence-corrected chi connectivity index (χ1v) is 6.47. The molecule has 0 amide bonds. The minimum absolute atomic E-state index is 0.232. The SMILES string of the molecule is CCCOc1cncc(N(CC)CCC(=O)OC)n1. The number of carbonyl (C=O) groups excluding carboxylic acids is 1. The van der Waals surface area contributed by atoms with Crippen LogP contribution in [-0.2, 0) is 9.53 Å². The molecule has 0 aliphatic heterocycles. The molecule has 6 heteroatoms. The Balaban J connectivity index is 2.66. The normalized spacial score (nSPS) is 10.1. The zero-order valence-electron chi connectivity index (χ0n) is 11.8. The highest BCUT2D eigenvalue weighted by Crippen LogP contribution is 2.14. The van der Waals surface area contributed by atoms with Gasteiger partial charge in [-0.2, -0.15) is 4.98 Å². The van der Waals surface area contributed by atoms with Crippen molar-refractivity contribution in [1.29, 1.82) is 0 Å². The summed E-state index contributed by atoms with van der Waals surface area (Å²) in [6.45, 7) is 5.94. The lowest BCUT2D eigenvalue weighted by Crippen LogP contribution is -2.27. The number of methoxy groups -OCH3 is 1. The van der Waals surface area contributed by atoms with E-state index < -0.39 is 0 Å². The zero-order valence-corrected chi connectivity index (χ0v) is 11.8. The third-order valence-electron chi connectivity index (χ3n) is 2.57. The topological polar surface area (TPSA) is 64.5 Å². The van der Waals surface area contributed by atoms with E-state index in [1.54, 1.807) is 12.4 Å². The average molecular weight is 267 g/mol. The fourth-order valence-corrected chi connectivity index (χ4v) is 1.53. The number of hydrogen-bond acceptors (Lipinski definition) is 6. The van der Waals surface area contributed by atoms with Gasteiger partial charge in [-0.05, 0) is 13.3 Å². The summed E-state index contributed by atoms with van der Waals surface area (Å²) in [5, 5.41) is 0. The molecule has 0 aliphatic carbocycles. The molecular weight excluding hydrogens is 246 g/mol. The van der Waals surface area contributed by atoms with Gasteiger partial charge < -0.3 is 14.4 Å². The van der Waals surface area contributed by atoms with Gasteiger partial charge in [-0.25, -0.2) is 0 Å². The maximum Gasteiger partial charge on any atom is 0.307 e. The molecule has 19 heavy (non-hydrogen) atoms. The lowest BCUT2D eigenvalue weighted by atomic mass is 10.3. The van der Waals surface area contributed by atoms with E-state index in [-0.39, 0.29) is 5.97 Å². The van der Waals surface area contributed by atoms with Crippen LogP contribution in [0.2, 0.25) is 0 Å². The minimum atomic E-state index is -0.232. The van der Waals surface area contributed by atoms with Crippen LogP contribution < -0.4 is 9.64 Å². The molecule has 1 aromatic rings. The number of carbonyl (C=O) groups is 1. The van der Waals surface area contributed by atoms with Crippen molar-refractivity contribution in [3.05, 3.63) is 12.4 Å². The highest BCUT2D eigenvalue weighted by molar-refractivity contribution is 5.69. The van der Waals surface area contributed by atoms with Crippen LogP contribution in [0.3, 0.4) is 0 Å². The van der Waals surface area contributed by atoms with Gasteiger partial charge in [0.1, 0.15) is 0 Å². The van der Waals surface area contributed by atoms with Crippen molar-refractivity contribution in [1.82, 2.24) is 9.97 Å².